The van der Waals surface area contributed by atoms with Crippen LogP contribution in [0, 0.1) is 6.92 Å². The van der Waals surface area contributed by atoms with Crippen molar-refractivity contribution in [1.29, 1.82) is 0 Å². The Morgan fingerprint density at radius 1 is 1.13 bits per heavy atom. The summed E-state index contributed by atoms with van der Waals surface area (Å²) in [5.74, 6) is -0.319. The first-order valence-electron chi connectivity index (χ1n) is 10.8. The molecule has 2 atom stereocenters. The summed E-state index contributed by atoms with van der Waals surface area (Å²) >= 11 is 0. The maximum Gasteiger partial charge on any atom is 0.282 e. The van der Waals surface area contributed by atoms with Gasteiger partial charge < -0.3 is 20.4 Å². The minimum absolute atomic E-state index is 0.0939. The van der Waals surface area contributed by atoms with E-state index in [1.807, 2.05) is 63.2 Å². The van der Waals surface area contributed by atoms with Gasteiger partial charge in [-0.25, -0.2) is 0 Å². The molecule has 1 heterocycles. The molecule has 0 aromatic heterocycles. The van der Waals surface area contributed by atoms with E-state index in [0.29, 0.717) is 17.9 Å². The number of carbonyl (C=O) groups excluding carboxylic acids is 3. The van der Waals surface area contributed by atoms with Gasteiger partial charge in [-0.05, 0) is 44.0 Å². The molecule has 0 spiro atoms. The van der Waals surface area contributed by atoms with Crippen molar-refractivity contribution in [2.24, 2.45) is 0 Å². The molecule has 7 nitrogen and oxygen atoms in total. The minimum atomic E-state index is -0.264. The lowest BCUT2D eigenvalue weighted by Crippen LogP contribution is -3.14. The monoisotopic (exact) mass is 423 g/mol. The smallest absolute Gasteiger partial charge is 0.282 e. The molecule has 7 heteroatoms. The third-order valence-electron chi connectivity index (χ3n) is 5.46. The highest BCUT2D eigenvalue weighted by Gasteiger charge is 2.31. The van der Waals surface area contributed by atoms with Gasteiger partial charge in [-0.3, -0.25) is 14.4 Å². The summed E-state index contributed by atoms with van der Waals surface area (Å²) in [6, 6.07) is 14.7. The number of fused-ring (bicyclic) bond motifs is 1. The highest BCUT2D eigenvalue weighted by atomic mass is 16.2. The predicted molar refractivity (Wildman–Crippen MR) is 122 cm³/mol. The second-order valence-electron chi connectivity index (χ2n) is 8.10. The van der Waals surface area contributed by atoms with Crippen molar-refractivity contribution in [2.75, 3.05) is 35.2 Å². The van der Waals surface area contributed by atoms with Crippen LogP contribution < -0.4 is 20.4 Å². The Kier molecular flexibility index (Phi) is 7.41. The van der Waals surface area contributed by atoms with Gasteiger partial charge in [0.05, 0.1) is 17.9 Å². The van der Waals surface area contributed by atoms with Crippen molar-refractivity contribution < 1.29 is 19.3 Å². The van der Waals surface area contributed by atoms with Crippen molar-refractivity contribution in [2.45, 2.75) is 39.7 Å². The van der Waals surface area contributed by atoms with Crippen LogP contribution in [0.3, 0.4) is 0 Å². The molecule has 2 aromatic carbocycles. The zero-order chi connectivity index (χ0) is 22.4. The average Bonchev–Trinajstić information content (AvgIpc) is 2.84. The molecule has 0 bridgehead atoms. The number of nitrogens with one attached hydrogen (secondary N) is 3. The Morgan fingerprint density at radius 2 is 1.84 bits per heavy atom. The van der Waals surface area contributed by atoms with Crippen LogP contribution in [0.2, 0.25) is 0 Å². The van der Waals surface area contributed by atoms with Gasteiger partial charge in [0.15, 0.2) is 13.1 Å². The van der Waals surface area contributed by atoms with Crippen molar-refractivity contribution in [3.05, 3.63) is 54.1 Å². The number of aryl methyl sites for hydroxylation is 1. The number of amides is 3. The molecule has 164 valence electrons. The molecule has 3 N–H and O–H groups in total. The number of para-hydroxylation sites is 3. The Bertz CT molecular complexity index is 959. The Balaban J connectivity index is 1.73. The normalized spacial score (nSPS) is 16.7. The number of quaternary nitrogens is 1. The number of hydrogen-bond donors (Lipinski definition) is 3. The SMILES string of the molecule is CCC[NH+](CC(=O)Nc1ccccc1C)CC(=O)N1c2ccccc2NC(=O)C[C@@H]1C. The van der Waals surface area contributed by atoms with E-state index < -0.39 is 0 Å². The summed E-state index contributed by atoms with van der Waals surface area (Å²) in [5.41, 5.74) is 3.12. The number of nitrogens with zero attached hydrogens (tertiary/aromatic N) is 1. The highest BCUT2D eigenvalue weighted by Crippen LogP contribution is 2.31. The Morgan fingerprint density at radius 3 is 2.58 bits per heavy atom. The molecule has 0 aliphatic carbocycles. The molecule has 1 aliphatic rings. The molecular formula is C24H31N4O3+. The number of anilines is 3. The van der Waals surface area contributed by atoms with Crippen LogP contribution in [0.15, 0.2) is 48.5 Å². The van der Waals surface area contributed by atoms with E-state index in [4.69, 9.17) is 0 Å². The van der Waals surface area contributed by atoms with Gasteiger partial charge >= 0.3 is 0 Å². The maximum atomic E-state index is 13.3. The third kappa shape index (κ3) is 5.70. The molecule has 0 radical (unpaired) electrons. The lowest BCUT2D eigenvalue weighted by Gasteiger charge is -2.29. The van der Waals surface area contributed by atoms with Crippen molar-refractivity contribution in [3.8, 4) is 0 Å². The van der Waals surface area contributed by atoms with Crippen molar-refractivity contribution in [1.82, 2.24) is 0 Å². The van der Waals surface area contributed by atoms with Gasteiger partial charge in [0.25, 0.3) is 11.8 Å². The molecule has 0 fully saturated rings. The molecule has 1 unspecified atom stereocenters. The molecule has 0 saturated carbocycles. The lowest BCUT2D eigenvalue weighted by molar-refractivity contribution is -0.883. The van der Waals surface area contributed by atoms with E-state index in [0.717, 1.165) is 22.6 Å². The summed E-state index contributed by atoms with van der Waals surface area (Å²) in [6.45, 7) is 6.95. The fourth-order valence-corrected chi connectivity index (χ4v) is 3.99. The van der Waals surface area contributed by atoms with Crippen LogP contribution >= 0.6 is 0 Å². The Hall–Kier alpha value is -3.19. The molecule has 1 aliphatic heterocycles. The van der Waals surface area contributed by atoms with E-state index in [2.05, 4.69) is 10.6 Å². The molecule has 0 saturated heterocycles. The van der Waals surface area contributed by atoms with E-state index in [9.17, 15) is 14.4 Å². The van der Waals surface area contributed by atoms with Crippen LogP contribution in [0.25, 0.3) is 0 Å². The van der Waals surface area contributed by atoms with E-state index in [1.165, 1.54) is 0 Å². The number of carbonyl (C=O) groups is 3. The van der Waals surface area contributed by atoms with E-state index >= 15 is 0 Å². The van der Waals surface area contributed by atoms with E-state index in [-0.39, 0.29) is 43.3 Å². The van der Waals surface area contributed by atoms with Gasteiger partial charge in [-0.1, -0.05) is 37.3 Å². The predicted octanol–water partition coefficient (Wildman–Crippen LogP) is 1.99. The topological polar surface area (TPSA) is 82.9 Å². The summed E-state index contributed by atoms with van der Waals surface area (Å²) in [4.78, 5) is 40.8. The molecule has 3 rings (SSSR count). The quantitative estimate of drug-likeness (QED) is 0.637. The van der Waals surface area contributed by atoms with Crippen molar-refractivity contribution >= 4 is 34.8 Å². The van der Waals surface area contributed by atoms with Crippen molar-refractivity contribution in [3.63, 3.8) is 0 Å². The fraction of sp³-hybridized carbons (Fsp3) is 0.375. The zero-order valence-corrected chi connectivity index (χ0v) is 18.4. The maximum absolute atomic E-state index is 13.3. The number of rotatable bonds is 7. The molecular weight excluding hydrogens is 392 g/mol. The largest absolute Gasteiger partial charge is 0.324 e. The average molecular weight is 424 g/mol. The third-order valence-corrected chi connectivity index (χ3v) is 5.46. The summed E-state index contributed by atoms with van der Waals surface area (Å²) in [6.07, 6.45) is 1.09. The number of benzene rings is 2. The summed E-state index contributed by atoms with van der Waals surface area (Å²) in [7, 11) is 0. The highest BCUT2D eigenvalue weighted by molar-refractivity contribution is 6.04. The zero-order valence-electron chi connectivity index (χ0n) is 18.4. The van der Waals surface area contributed by atoms with Gasteiger partial charge in [-0.15, -0.1) is 0 Å². The van der Waals surface area contributed by atoms with Gasteiger partial charge in [-0.2, -0.15) is 0 Å². The van der Waals surface area contributed by atoms with Gasteiger partial charge in [0, 0.05) is 18.2 Å². The van der Waals surface area contributed by atoms with Gasteiger partial charge in [0.2, 0.25) is 5.91 Å². The first-order valence-corrected chi connectivity index (χ1v) is 10.8. The first-order chi connectivity index (χ1) is 14.9. The summed E-state index contributed by atoms with van der Waals surface area (Å²) < 4.78 is 0. The lowest BCUT2D eigenvalue weighted by atomic mass is 10.1. The summed E-state index contributed by atoms with van der Waals surface area (Å²) in [5, 5.41) is 5.83. The van der Waals surface area contributed by atoms with Crippen LogP contribution in [-0.4, -0.2) is 43.4 Å². The molecule has 2 aromatic rings. The second-order valence-corrected chi connectivity index (χ2v) is 8.10. The van der Waals surface area contributed by atoms with E-state index in [1.54, 1.807) is 11.0 Å². The molecule has 3 amide bonds. The van der Waals surface area contributed by atoms with Crippen LogP contribution in [-0.2, 0) is 14.4 Å². The Labute approximate surface area is 183 Å². The van der Waals surface area contributed by atoms with Crippen LogP contribution in [0.5, 0.6) is 0 Å². The second kappa shape index (κ2) is 10.2. The standard InChI is InChI=1S/C24H30N4O3/c1-4-13-27(15-23(30)25-19-10-6-5-9-17(19)2)16-24(31)28-18(3)14-22(29)26-20-11-7-8-12-21(20)28/h5-12,18H,4,13-16H2,1-3H3,(H,25,30)(H,26,29)/p+1/t18-/m0/s1. The van der Waals surface area contributed by atoms with Gasteiger partial charge in [0.1, 0.15) is 0 Å². The minimum Gasteiger partial charge on any atom is -0.324 e. The molecule has 31 heavy (non-hydrogen) atoms. The van der Waals surface area contributed by atoms with Crippen LogP contribution in [0.4, 0.5) is 17.1 Å². The fourth-order valence-electron chi connectivity index (χ4n) is 3.99. The van der Waals surface area contributed by atoms with Crippen LogP contribution in [0.1, 0.15) is 32.3 Å². The first kappa shape index (κ1) is 22.5. The number of hydrogen-bond acceptors (Lipinski definition) is 3.